The van der Waals surface area contributed by atoms with E-state index in [9.17, 15) is 0 Å². The van der Waals surface area contributed by atoms with Gasteiger partial charge in [0, 0.05) is 32.3 Å². The van der Waals surface area contributed by atoms with Gasteiger partial charge in [0.15, 0.2) is 11.7 Å². The fourth-order valence-corrected chi connectivity index (χ4v) is 5.32. The molecule has 1 heterocycles. The Morgan fingerprint density at radius 1 is 1.12 bits per heavy atom. The van der Waals surface area contributed by atoms with Gasteiger partial charge in [0.1, 0.15) is 0 Å². The first kappa shape index (κ1) is 21.8. The Hall–Kier alpha value is -1.24. The molecule has 10 nitrogen and oxygen atoms in total. The third-order valence-corrected chi connectivity index (χ3v) is 6.70. The Morgan fingerprint density at radius 3 is 2.20 bits per heavy atom. The summed E-state index contributed by atoms with van der Waals surface area (Å²) in [7, 11) is -2.65. The highest BCUT2D eigenvalue weighted by molar-refractivity contribution is 6.60. The van der Waals surface area contributed by atoms with Crippen molar-refractivity contribution < 1.29 is 13.3 Å². The van der Waals surface area contributed by atoms with Crippen LogP contribution in [-0.2, 0) is 13.3 Å². The first-order valence-corrected chi connectivity index (χ1v) is 10.7. The van der Waals surface area contributed by atoms with Crippen LogP contribution in [0.1, 0.15) is 33.6 Å². The molecule has 0 aromatic rings. The molecule has 1 aliphatic heterocycles. The highest BCUT2D eigenvalue weighted by Gasteiger charge is 2.40. The molecule has 0 amide bonds. The topological polar surface area (TPSA) is 155 Å². The van der Waals surface area contributed by atoms with Gasteiger partial charge in [-0.15, -0.1) is 0 Å². The quantitative estimate of drug-likeness (QED) is 0.208. The van der Waals surface area contributed by atoms with Crippen molar-refractivity contribution >= 4 is 20.7 Å². The van der Waals surface area contributed by atoms with Crippen molar-refractivity contribution in [2.45, 2.75) is 45.4 Å². The number of hydrogen-bond donors (Lipinski definition) is 5. The van der Waals surface area contributed by atoms with Crippen molar-refractivity contribution in [3.05, 3.63) is 0 Å². The Morgan fingerprint density at radius 2 is 1.72 bits per heavy atom. The molecule has 0 bridgehead atoms. The molecule has 0 aliphatic carbocycles. The Balaban J connectivity index is 2.64. The average molecular weight is 376 g/mol. The summed E-state index contributed by atoms with van der Waals surface area (Å²) in [5, 5.41) is 6.35. The zero-order chi connectivity index (χ0) is 18.8. The standard InChI is InChI=1S/C14H33N7O3Si/c1-4-22-25(23-5-2,24-6-3)11-7-10-18-14(8-9-15)20-12(16)19-13(17)21-14/h18H,4-11,15H2,1-3H3,(H5,16,17,19,20,21). The fourth-order valence-electron chi connectivity index (χ4n) is 2.71. The minimum Gasteiger partial charge on any atom is -0.374 e. The summed E-state index contributed by atoms with van der Waals surface area (Å²) in [6.45, 7) is 8.57. The van der Waals surface area contributed by atoms with Crippen LogP contribution in [0.4, 0.5) is 0 Å². The van der Waals surface area contributed by atoms with Crippen LogP contribution < -0.4 is 27.8 Å². The van der Waals surface area contributed by atoms with Crippen molar-refractivity contribution in [3.63, 3.8) is 0 Å². The van der Waals surface area contributed by atoms with E-state index in [1.54, 1.807) is 0 Å². The maximum absolute atomic E-state index is 5.85. The summed E-state index contributed by atoms with van der Waals surface area (Å²) in [6, 6.07) is 0.705. The summed E-state index contributed by atoms with van der Waals surface area (Å²) in [5.74, 6) is -0.494. The van der Waals surface area contributed by atoms with Gasteiger partial charge in [-0.3, -0.25) is 5.32 Å². The normalized spacial score (nSPS) is 20.8. The maximum Gasteiger partial charge on any atom is 0.500 e. The first-order valence-electron chi connectivity index (χ1n) is 8.79. The van der Waals surface area contributed by atoms with E-state index >= 15 is 0 Å². The van der Waals surface area contributed by atoms with E-state index in [0.717, 1.165) is 6.42 Å². The molecule has 25 heavy (non-hydrogen) atoms. The fraction of sp³-hybridized carbons (Fsp3) is 0.857. The molecule has 11 heteroatoms. The van der Waals surface area contributed by atoms with Crippen LogP contribution >= 0.6 is 0 Å². The molecular formula is C14H33N7O3Si. The molecule has 0 spiro atoms. The molecule has 0 fully saturated rings. The molecule has 0 aromatic carbocycles. The van der Waals surface area contributed by atoms with Gasteiger partial charge < -0.3 is 35.8 Å². The lowest BCUT2D eigenvalue weighted by molar-refractivity contribution is 0.0705. The molecule has 0 saturated heterocycles. The summed E-state index contributed by atoms with van der Waals surface area (Å²) >= 11 is 0. The molecule has 0 radical (unpaired) electrons. The summed E-state index contributed by atoms with van der Waals surface area (Å²) < 4.78 is 17.6. The number of nitrogens with zero attached hydrogens (tertiary/aromatic N) is 2. The molecule has 0 saturated carbocycles. The zero-order valence-corrected chi connectivity index (χ0v) is 16.5. The van der Waals surface area contributed by atoms with Crippen LogP contribution in [0.3, 0.4) is 0 Å². The van der Waals surface area contributed by atoms with Gasteiger partial charge in [-0.05, 0) is 40.3 Å². The van der Waals surface area contributed by atoms with Gasteiger partial charge in [-0.2, -0.15) is 4.99 Å². The second-order valence-electron chi connectivity index (χ2n) is 5.50. The van der Waals surface area contributed by atoms with Gasteiger partial charge in [0.2, 0.25) is 5.96 Å². The van der Waals surface area contributed by atoms with E-state index in [2.05, 4.69) is 20.6 Å². The average Bonchev–Trinajstić information content (AvgIpc) is 2.52. The van der Waals surface area contributed by atoms with E-state index in [1.165, 1.54) is 0 Å². The Kier molecular flexibility index (Phi) is 9.31. The number of guanidine groups is 2. The monoisotopic (exact) mass is 375 g/mol. The van der Waals surface area contributed by atoms with Crippen LogP contribution in [0.2, 0.25) is 6.04 Å². The largest absolute Gasteiger partial charge is 0.500 e. The Bertz CT molecular complexity index is 447. The lowest BCUT2D eigenvalue weighted by Gasteiger charge is -2.35. The Labute approximate surface area is 150 Å². The van der Waals surface area contributed by atoms with Crippen LogP contribution in [0, 0.1) is 0 Å². The van der Waals surface area contributed by atoms with Crippen molar-refractivity contribution in [2.24, 2.45) is 27.2 Å². The maximum atomic E-state index is 5.85. The zero-order valence-electron chi connectivity index (χ0n) is 15.5. The third-order valence-electron chi connectivity index (χ3n) is 3.55. The SMILES string of the molecule is CCO[Si](CCCNC1(CCN)N=C(N)N=C(N)N1)(OCC)OCC. The lowest BCUT2D eigenvalue weighted by Crippen LogP contribution is -2.63. The highest BCUT2D eigenvalue weighted by Crippen LogP contribution is 2.19. The van der Waals surface area contributed by atoms with Gasteiger partial charge in [-0.25, -0.2) is 4.99 Å². The predicted molar refractivity (Wildman–Crippen MR) is 101 cm³/mol. The number of rotatable bonds is 13. The molecule has 0 aromatic heterocycles. The van der Waals surface area contributed by atoms with Crippen LogP contribution in [0.5, 0.6) is 0 Å². The van der Waals surface area contributed by atoms with Crippen molar-refractivity contribution in [1.82, 2.24) is 10.6 Å². The smallest absolute Gasteiger partial charge is 0.374 e. The van der Waals surface area contributed by atoms with E-state index in [-0.39, 0.29) is 11.9 Å². The van der Waals surface area contributed by atoms with Crippen molar-refractivity contribution in [3.8, 4) is 0 Å². The van der Waals surface area contributed by atoms with E-state index in [0.29, 0.717) is 45.4 Å². The second kappa shape index (κ2) is 10.7. The molecular weight excluding hydrogens is 342 g/mol. The van der Waals surface area contributed by atoms with Crippen molar-refractivity contribution in [2.75, 3.05) is 32.9 Å². The van der Waals surface area contributed by atoms with Crippen LogP contribution in [-0.4, -0.2) is 59.4 Å². The number of hydrogen-bond acceptors (Lipinski definition) is 10. The van der Waals surface area contributed by atoms with Gasteiger partial charge in [0.05, 0.1) is 0 Å². The highest BCUT2D eigenvalue weighted by atomic mass is 28.4. The molecule has 146 valence electrons. The lowest BCUT2D eigenvalue weighted by atomic mass is 10.2. The summed E-state index contributed by atoms with van der Waals surface area (Å²) in [6.07, 6.45) is 1.31. The van der Waals surface area contributed by atoms with Crippen LogP contribution in [0.15, 0.2) is 9.98 Å². The van der Waals surface area contributed by atoms with Crippen LogP contribution in [0.25, 0.3) is 0 Å². The minimum atomic E-state index is -2.65. The number of aliphatic imine (C=N–C) groups is 2. The van der Waals surface area contributed by atoms with Gasteiger partial charge >= 0.3 is 8.80 Å². The van der Waals surface area contributed by atoms with Gasteiger partial charge in [-0.1, -0.05) is 0 Å². The van der Waals surface area contributed by atoms with Crippen molar-refractivity contribution in [1.29, 1.82) is 0 Å². The minimum absolute atomic E-state index is 0.124. The van der Waals surface area contributed by atoms with Gasteiger partial charge in [0.25, 0.3) is 0 Å². The van der Waals surface area contributed by atoms with E-state index in [1.807, 2.05) is 20.8 Å². The number of nitrogens with two attached hydrogens (primary N) is 3. The molecule has 1 atom stereocenters. The molecule has 1 rings (SSSR count). The predicted octanol–water partition coefficient (Wildman–Crippen LogP) is -0.750. The number of nitrogens with one attached hydrogen (secondary N) is 2. The molecule has 1 unspecified atom stereocenters. The van der Waals surface area contributed by atoms with E-state index in [4.69, 9.17) is 30.5 Å². The third kappa shape index (κ3) is 6.88. The second-order valence-corrected chi connectivity index (χ2v) is 8.24. The molecule has 1 aliphatic rings. The first-order chi connectivity index (χ1) is 11.9. The summed E-state index contributed by atoms with van der Waals surface area (Å²) in [4.78, 5) is 8.22. The van der Waals surface area contributed by atoms with E-state index < -0.39 is 14.6 Å². The summed E-state index contributed by atoms with van der Waals surface area (Å²) in [5.41, 5.74) is 17.2. The molecule has 8 N–H and O–H groups in total.